The standard InChI is InChI=1S/C13H16N2O2S/c1-8(2)18-13-14-10-6-4-5-7-11(10)15(13)9(3)12(16)17/h4-9H,1-3H3,(H,16,17)/t9-/m0/s1. The third-order valence-electron chi connectivity index (χ3n) is 2.65. The molecule has 0 aliphatic carbocycles. The van der Waals surface area contributed by atoms with Crippen LogP contribution in [-0.2, 0) is 4.79 Å². The topological polar surface area (TPSA) is 55.1 Å². The molecule has 2 rings (SSSR count). The number of rotatable bonds is 4. The van der Waals surface area contributed by atoms with Crippen molar-refractivity contribution < 1.29 is 9.90 Å². The van der Waals surface area contributed by atoms with Gasteiger partial charge in [-0.3, -0.25) is 0 Å². The van der Waals surface area contributed by atoms with Gasteiger partial charge in [-0.2, -0.15) is 0 Å². The molecule has 0 aliphatic heterocycles. The first-order chi connectivity index (χ1) is 8.50. The summed E-state index contributed by atoms with van der Waals surface area (Å²) in [5.74, 6) is -0.844. The first kappa shape index (κ1) is 13.0. The second-order valence-electron chi connectivity index (χ2n) is 4.43. The van der Waals surface area contributed by atoms with Gasteiger partial charge in [-0.15, -0.1) is 0 Å². The van der Waals surface area contributed by atoms with Crippen molar-refractivity contribution in [2.24, 2.45) is 0 Å². The van der Waals surface area contributed by atoms with Gasteiger partial charge in [-0.25, -0.2) is 9.78 Å². The Kier molecular flexibility index (Phi) is 3.61. The van der Waals surface area contributed by atoms with E-state index in [2.05, 4.69) is 18.8 Å². The first-order valence-corrected chi connectivity index (χ1v) is 6.75. The van der Waals surface area contributed by atoms with Crippen LogP contribution in [0.3, 0.4) is 0 Å². The summed E-state index contributed by atoms with van der Waals surface area (Å²) in [5, 5.41) is 10.3. The van der Waals surface area contributed by atoms with Gasteiger partial charge in [0.05, 0.1) is 11.0 Å². The maximum atomic E-state index is 11.2. The number of hydrogen-bond acceptors (Lipinski definition) is 3. The number of aromatic nitrogens is 2. The monoisotopic (exact) mass is 264 g/mol. The summed E-state index contributed by atoms with van der Waals surface area (Å²) in [5.41, 5.74) is 1.71. The lowest BCUT2D eigenvalue weighted by molar-refractivity contribution is -0.140. The summed E-state index contributed by atoms with van der Waals surface area (Å²) >= 11 is 1.59. The molecule has 0 bridgehead atoms. The molecule has 0 saturated heterocycles. The quantitative estimate of drug-likeness (QED) is 0.862. The van der Waals surface area contributed by atoms with E-state index in [4.69, 9.17) is 0 Å². The number of benzene rings is 1. The van der Waals surface area contributed by atoms with Crippen LogP contribution in [0.4, 0.5) is 0 Å². The second-order valence-corrected chi connectivity index (χ2v) is 5.98. The molecule has 0 saturated carbocycles. The molecule has 0 amide bonds. The van der Waals surface area contributed by atoms with Crippen molar-refractivity contribution in [1.82, 2.24) is 9.55 Å². The summed E-state index contributed by atoms with van der Waals surface area (Å²) in [6, 6.07) is 7.02. The highest BCUT2D eigenvalue weighted by Crippen LogP contribution is 2.30. The Morgan fingerprint density at radius 3 is 2.61 bits per heavy atom. The molecule has 1 atom stereocenters. The Hall–Kier alpha value is -1.49. The van der Waals surface area contributed by atoms with E-state index in [0.717, 1.165) is 16.2 Å². The minimum absolute atomic E-state index is 0.363. The number of nitrogens with zero attached hydrogens (tertiary/aromatic N) is 2. The van der Waals surface area contributed by atoms with E-state index in [1.54, 1.807) is 23.3 Å². The summed E-state index contributed by atoms with van der Waals surface area (Å²) in [6.07, 6.45) is 0. The molecule has 1 N–H and O–H groups in total. The largest absolute Gasteiger partial charge is 0.480 e. The highest BCUT2D eigenvalue weighted by atomic mass is 32.2. The second kappa shape index (κ2) is 5.02. The van der Waals surface area contributed by atoms with E-state index >= 15 is 0 Å². The Morgan fingerprint density at radius 1 is 1.33 bits per heavy atom. The number of carboxylic acid groups (broad SMARTS) is 1. The van der Waals surface area contributed by atoms with Crippen LogP contribution in [0.2, 0.25) is 0 Å². The highest BCUT2D eigenvalue weighted by molar-refractivity contribution is 7.99. The average molecular weight is 264 g/mol. The Balaban J connectivity index is 2.61. The first-order valence-electron chi connectivity index (χ1n) is 5.87. The van der Waals surface area contributed by atoms with E-state index < -0.39 is 12.0 Å². The molecule has 1 aromatic heterocycles. The Morgan fingerprint density at radius 2 is 2.00 bits per heavy atom. The molecule has 18 heavy (non-hydrogen) atoms. The summed E-state index contributed by atoms with van der Waals surface area (Å²) in [7, 11) is 0. The van der Waals surface area contributed by atoms with E-state index in [0.29, 0.717) is 5.25 Å². The fourth-order valence-electron chi connectivity index (χ4n) is 1.80. The van der Waals surface area contributed by atoms with E-state index in [-0.39, 0.29) is 0 Å². The van der Waals surface area contributed by atoms with Crippen molar-refractivity contribution in [2.75, 3.05) is 0 Å². The molecule has 96 valence electrons. The van der Waals surface area contributed by atoms with Gasteiger partial charge in [0.25, 0.3) is 0 Å². The smallest absolute Gasteiger partial charge is 0.326 e. The van der Waals surface area contributed by atoms with Crippen LogP contribution in [0.15, 0.2) is 29.4 Å². The van der Waals surface area contributed by atoms with Crippen LogP contribution >= 0.6 is 11.8 Å². The molecule has 0 aliphatic rings. The van der Waals surface area contributed by atoms with E-state index in [1.807, 2.05) is 24.3 Å². The van der Waals surface area contributed by atoms with Gasteiger partial charge in [0.15, 0.2) is 5.16 Å². The number of carbonyl (C=O) groups is 1. The van der Waals surface area contributed by atoms with E-state index in [1.165, 1.54) is 0 Å². The van der Waals surface area contributed by atoms with Gasteiger partial charge in [-0.05, 0) is 19.1 Å². The maximum absolute atomic E-state index is 11.2. The lowest BCUT2D eigenvalue weighted by atomic mass is 10.3. The Bertz CT molecular complexity index is 577. The maximum Gasteiger partial charge on any atom is 0.326 e. The SMILES string of the molecule is CC(C)Sc1nc2ccccc2n1[C@@H](C)C(=O)O. The van der Waals surface area contributed by atoms with Gasteiger partial charge >= 0.3 is 5.97 Å². The van der Waals surface area contributed by atoms with Crippen LogP contribution in [0.5, 0.6) is 0 Å². The van der Waals surface area contributed by atoms with Gasteiger partial charge in [0, 0.05) is 5.25 Å². The average Bonchev–Trinajstić information content (AvgIpc) is 2.64. The van der Waals surface area contributed by atoms with Crippen molar-refractivity contribution in [1.29, 1.82) is 0 Å². The van der Waals surface area contributed by atoms with Crippen molar-refractivity contribution in [2.45, 2.75) is 37.2 Å². The molecular weight excluding hydrogens is 248 g/mol. The number of fused-ring (bicyclic) bond motifs is 1. The molecule has 4 nitrogen and oxygen atoms in total. The third kappa shape index (κ3) is 2.36. The number of hydrogen-bond donors (Lipinski definition) is 1. The molecule has 0 radical (unpaired) electrons. The molecule has 1 aromatic carbocycles. The van der Waals surface area contributed by atoms with Crippen LogP contribution in [0.25, 0.3) is 11.0 Å². The lowest BCUT2D eigenvalue weighted by Crippen LogP contribution is -2.16. The van der Waals surface area contributed by atoms with Crippen molar-refractivity contribution in [3.05, 3.63) is 24.3 Å². The summed E-state index contributed by atoms with van der Waals surface area (Å²) in [4.78, 5) is 15.7. The number of thioether (sulfide) groups is 1. The fraction of sp³-hybridized carbons (Fsp3) is 0.385. The normalized spacial score (nSPS) is 13.1. The van der Waals surface area contributed by atoms with Crippen molar-refractivity contribution in [3.63, 3.8) is 0 Å². The number of imidazole rings is 1. The van der Waals surface area contributed by atoms with Crippen molar-refractivity contribution in [3.8, 4) is 0 Å². The van der Waals surface area contributed by atoms with Crippen molar-refractivity contribution >= 4 is 28.8 Å². The highest BCUT2D eigenvalue weighted by Gasteiger charge is 2.21. The predicted octanol–water partition coefficient (Wildman–Crippen LogP) is 3.18. The lowest BCUT2D eigenvalue weighted by Gasteiger charge is -2.14. The predicted molar refractivity (Wildman–Crippen MR) is 73.1 cm³/mol. The van der Waals surface area contributed by atoms with Gasteiger partial charge < -0.3 is 9.67 Å². The van der Waals surface area contributed by atoms with Crippen LogP contribution in [0, 0.1) is 0 Å². The van der Waals surface area contributed by atoms with Crippen LogP contribution in [-0.4, -0.2) is 25.9 Å². The molecular formula is C13H16N2O2S. The molecule has 1 heterocycles. The number of aliphatic carboxylic acids is 1. The van der Waals surface area contributed by atoms with E-state index in [9.17, 15) is 9.90 Å². The molecule has 5 heteroatoms. The zero-order chi connectivity index (χ0) is 13.3. The Labute approximate surface area is 110 Å². The van der Waals surface area contributed by atoms with Gasteiger partial charge in [-0.1, -0.05) is 37.7 Å². The third-order valence-corrected chi connectivity index (χ3v) is 3.62. The zero-order valence-corrected chi connectivity index (χ0v) is 11.4. The molecule has 0 fully saturated rings. The summed E-state index contributed by atoms with van der Waals surface area (Å²) < 4.78 is 1.79. The van der Waals surface area contributed by atoms with Gasteiger partial charge in [0.2, 0.25) is 0 Å². The zero-order valence-electron chi connectivity index (χ0n) is 10.6. The fourth-order valence-corrected chi connectivity index (χ4v) is 2.74. The summed E-state index contributed by atoms with van der Waals surface area (Å²) in [6.45, 7) is 5.82. The van der Waals surface area contributed by atoms with Crippen LogP contribution < -0.4 is 0 Å². The molecule has 0 unspecified atom stereocenters. The molecule has 0 spiro atoms. The molecule has 2 aromatic rings. The number of para-hydroxylation sites is 2. The minimum atomic E-state index is -0.844. The van der Waals surface area contributed by atoms with Crippen LogP contribution in [0.1, 0.15) is 26.8 Å². The number of carboxylic acids is 1. The van der Waals surface area contributed by atoms with Gasteiger partial charge in [0.1, 0.15) is 6.04 Å². The minimum Gasteiger partial charge on any atom is -0.480 e.